The van der Waals surface area contributed by atoms with Crippen LogP contribution in [-0.2, 0) is 14.9 Å². The van der Waals surface area contributed by atoms with Gasteiger partial charge in [0.05, 0.1) is 36.2 Å². The first-order chi connectivity index (χ1) is 18.7. The first-order valence-electron chi connectivity index (χ1n) is 13.1. The predicted octanol–water partition coefficient (Wildman–Crippen LogP) is 2.90. The number of amides is 1. The van der Waals surface area contributed by atoms with Crippen molar-refractivity contribution in [1.82, 2.24) is 19.7 Å². The Kier molecular flexibility index (Phi) is 6.34. The van der Waals surface area contributed by atoms with Crippen LogP contribution in [0.15, 0.2) is 53.6 Å². The fourth-order valence-electron chi connectivity index (χ4n) is 5.34. The summed E-state index contributed by atoms with van der Waals surface area (Å²) in [7, 11) is 0. The molecule has 2 saturated heterocycles. The molecule has 3 aromatic rings. The largest absolute Gasteiger partial charge is 0.395 e. The van der Waals surface area contributed by atoms with Crippen molar-refractivity contribution in [2.24, 2.45) is 5.41 Å². The molecule has 6 rings (SSSR count). The second-order valence-corrected chi connectivity index (χ2v) is 10.8. The number of hydrogen-bond donors (Lipinski definition) is 2. The maximum atomic E-state index is 13.3. The molecule has 1 aliphatic carbocycles. The van der Waals surface area contributed by atoms with Crippen molar-refractivity contribution in [2.75, 3.05) is 43.1 Å². The van der Waals surface area contributed by atoms with Crippen molar-refractivity contribution in [1.29, 1.82) is 0 Å². The second kappa shape index (κ2) is 9.60. The molecule has 0 spiro atoms. The van der Waals surface area contributed by atoms with E-state index in [1.54, 1.807) is 36.7 Å². The summed E-state index contributed by atoms with van der Waals surface area (Å²) in [6, 6.07) is 10.1. The highest BCUT2D eigenvalue weighted by atomic mass is 19.4. The molecule has 39 heavy (non-hydrogen) atoms. The average molecular weight is 543 g/mol. The summed E-state index contributed by atoms with van der Waals surface area (Å²) in [5, 5.41) is 5.92. The average Bonchev–Trinajstić information content (AvgIpc) is 3.69. The van der Waals surface area contributed by atoms with Gasteiger partial charge in [-0.25, -0.2) is 4.98 Å². The number of nitrogens with zero attached hydrogens (tertiary/aromatic N) is 4. The van der Waals surface area contributed by atoms with Gasteiger partial charge in [-0.2, -0.15) is 13.2 Å². The Balaban J connectivity index is 1.13. The second-order valence-electron chi connectivity index (χ2n) is 10.8. The number of halogens is 3. The number of carbonyl (C=O) groups is 1. The highest BCUT2D eigenvalue weighted by Gasteiger charge is 2.62. The van der Waals surface area contributed by atoms with Gasteiger partial charge < -0.3 is 20.3 Å². The number of alkyl halides is 3. The molecular weight excluding hydrogens is 513 g/mol. The molecule has 1 amide bonds. The molecule has 3 aromatic heterocycles. The van der Waals surface area contributed by atoms with Gasteiger partial charge in [-0.15, -0.1) is 0 Å². The van der Waals surface area contributed by atoms with Crippen LogP contribution in [0.5, 0.6) is 0 Å². The van der Waals surface area contributed by atoms with Crippen molar-refractivity contribution in [3.05, 3.63) is 64.8 Å². The van der Waals surface area contributed by atoms with E-state index >= 15 is 0 Å². The third kappa shape index (κ3) is 4.76. The Labute approximate surface area is 222 Å². The Morgan fingerprint density at radius 2 is 2.00 bits per heavy atom. The summed E-state index contributed by atoms with van der Waals surface area (Å²) >= 11 is 0. The molecule has 0 radical (unpaired) electrons. The number of ether oxygens (including phenoxy) is 1. The van der Waals surface area contributed by atoms with Crippen LogP contribution in [-0.4, -0.2) is 65.3 Å². The fraction of sp³-hybridized carbons (Fsp3) is 0.481. The zero-order chi connectivity index (χ0) is 27.3. The number of piperidine rings is 1. The topological polar surface area (TPSA) is 101 Å². The molecule has 0 unspecified atom stereocenters. The molecule has 12 heteroatoms. The Bertz CT molecular complexity index is 1430. The van der Waals surface area contributed by atoms with Crippen LogP contribution in [0.2, 0.25) is 0 Å². The zero-order valence-electron chi connectivity index (χ0n) is 21.2. The summed E-state index contributed by atoms with van der Waals surface area (Å²) < 4.78 is 46.7. The number of carbonyl (C=O) groups excluding carboxylic acids is 1. The van der Waals surface area contributed by atoms with Gasteiger partial charge in [0.25, 0.3) is 5.56 Å². The van der Waals surface area contributed by atoms with Crippen LogP contribution < -0.4 is 21.1 Å². The number of aromatic nitrogens is 3. The molecule has 1 atom stereocenters. The standard InChI is InChI=1S/C27H29F3N6O3/c28-27(29,30)25(8-9-25)15-32-18-4-3-10-35(14-18)19-6-7-20(31-13-19)26(16-39-17-26)24(38)34-21-12-23(37)36-11-2-1-5-22(36)33-21/h1-2,5-7,11-13,18,32H,3-4,8-10,14-17H2,(H,34,38)/t18-/m1/s1. The fourth-order valence-corrected chi connectivity index (χ4v) is 5.34. The minimum absolute atomic E-state index is 0.0334. The van der Waals surface area contributed by atoms with E-state index in [9.17, 15) is 22.8 Å². The summed E-state index contributed by atoms with van der Waals surface area (Å²) in [5.74, 6) is -0.202. The number of nitrogens with one attached hydrogen (secondary N) is 2. The van der Waals surface area contributed by atoms with Crippen LogP contribution in [0, 0.1) is 5.41 Å². The minimum atomic E-state index is -4.16. The van der Waals surface area contributed by atoms with Crippen LogP contribution in [0.4, 0.5) is 24.7 Å². The zero-order valence-corrected chi connectivity index (χ0v) is 21.2. The lowest BCUT2D eigenvalue weighted by Gasteiger charge is -2.39. The normalized spacial score (nSPS) is 21.8. The number of anilines is 2. The Hall–Kier alpha value is -3.51. The first-order valence-corrected chi connectivity index (χ1v) is 13.1. The monoisotopic (exact) mass is 542 g/mol. The summed E-state index contributed by atoms with van der Waals surface area (Å²) in [5.41, 5.74) is -1.07. The van der Waals surface area contributed by atoms with Crippen LogP contribution in [0.25, 0.3) is 5.65 Å². The summed E-state index contributed by atoms with van der Waals surface area (Å²) in [4.78, 5) is 36.8. The summed E-state index contributed by atoms with van der Waals surface area (Å²) in [6.45, 7) is 1.62. The number of fused-ring (bicyclic) bond motifs is 1. The molecule has 2 N–H and O–H groups in total. The lowest BCUT2D eigenvalue weighted by atomic mass is 9.81. The third-order valence-corrected chi connectivity index (χ3v) is 8.15. The van der Waals surface area contributed by atoms with Gasteiger partial charge in [-0.1, -0.05) is 6.07 Å². The van der Waals surface area contributed by atoms with Crippen molar-refractivity contribution in [2.45, 2.75) is 43.3 Å². The molecule has 1 saturated carbocycles. The lowest BCUT2D eigenvalue weighted by molar-refractivity contribution is -0.185. The molecule has 3 fully saturated rings. The van der Waals surface area contributed by atoms with Gasteiger partial charge in [0, 0.05) is 37.9 Å². The van der Waals surface area contributed by atoms with E-state index in [0.717, 1.165) is 25.1 Å². The number of hydrogen-bond acceptors (Lipinski definition) is 7. The first kappa shape index (κ1) is 25.8. The van der Waals surface area contributed by atoms with Crippen molar-refractivity contribution < 1.29 is 22.7 Å². The molecule has 0 aromatic carbocycles. The van der Waals surface area contributed by atoms with E-state index in [0.29, 0.717) is 17.9 Å². The molecule has 5 heterocycles. The number of rotatable bonds is 7. The van der Waals surface area contributed by atoms with E-state index in [2.05, 4.69) is 25.5 Å². The van der Waals surface area contributed by atoms with Crippen molar-refractivity contribution in [3.8, 4) is 0 Å². The highest BCUT2D eigenvalue weighted by Crippen LogP contribution is 2.57. The Morgan fingerprint density at radius 1 is 1.18 bits per heavy atom. The van der Waals surface area contributed by atoms with E-state index in [1.165, 1.54) is 10.5 Å². The highest BCUT2D eigenvalue weighted by molar-refractivity contribution is 5.99. The SMILES string of the molecule is O=C(Nc1cc(=O)n2ccccc2n1)C1(c2ccc(N3CCC[C@@H](NCC4(C(F)(F)F)CC4)C3)cn2)COC1. The van der Waals surface area contributed by atoms with E-state index < -0.39 is 17.0 Å². The van der Waals surface area contributed by atoms with Crippen LogP contribution in [0.3, 0.4) is 0 Å². The molecule has 3 aliphatic rings. The maximum absolute atomic E-state index is 13.3. The van der Waals surface area contributed by atoms with Crippen molar-refractivity contribution >= 4 is 23.1 Å². The minimum Gasteiger partial charge on any atom is -0.378 e. The lowest BCUT2D eigenvalue weighted by Crippen LogP contribution is -2.56. The van der Waals surface area contributed by atoms with E-state index in [-0.39, 0.29) is 55.9 Å². The van der Waals surface area contributed by atoms with Gasteiger partial charge in [-0.05, 0) is 49.9 Å². The quantitative estimate of drug-likeness (QED) is 0.474. The predicted molar refractivity (Wildman–Crippen MR) is 138 cm³/mol. The van der Waals surface area contributed by atoms with Crippen molar-refractivity contribution in [3.63, 3.8) is 0 Å². The van der Waals surface area contributed by atoms with Gasteiger partial charge in [0.1, 0.15) is 16.9 Å². The molecule has 9 nitrogen and oxygen atoms in total. The van der Waals surface area contributed by atoms with E-state index in [1.807, 2.05) is 6.07 Å². The van der Waals surface area contributed by atoms with E-state index in [4.69, 9.17) is 4.74 Å². The Morgan fingerprint density at radius 3 is 2.67 bits per heavy atom. The van der Waals surface area contributed by atoms with Crippen LogP contribution >= 0.6 is 0 Å². The number of pyridine rings is 2. The smallest absolute Gasteiger partial charge is 0.378 e. The van der Waals surface area contributed by atoms with Gasteiger partial charge in [0.2, 0.25) is 5.91 Å². The molecule has 2 aliphatic heterocycles. The van der Waals surface area contributed by atoms with Gasteiger partial charge in [-0.3, -0.25) is 19.0 Å². The van der Waals surface area contributed by atoms with Crippen LogP contribution in [0.1, 0.15) is 31.4 Å². The molecular formula is C27H29F3N6O3. The van der Waals surface area contributed by atoms with Gasteiger partial charge >= 0.3 is 6.18 Å². The maximum Gasteiger partial charge on any atom is 0.395 e. The molecule has 206 valence electrons. The van der Waals surface area contributed by atoms with Gasteiger partial charge in [0.15, 0.2) is 0 Å². The summed E-state index contributed by atoms with van der Waals surface area (Å²) in [6.07, 6.45) is 1.21. The third-order valence-electron chi connectivity index (χ3n) is 8.15. The molecule has 0 bridgehead atoms.